The molecule has 0 amide bonds. The van der Waals surface area contributed by atoms with Gasteiger partial charge in [0.15, 0.2) is 0 Å². The minimum atomic E-state index is -4.59. The Kier molecular flexibility index (Phi) is 20.7. The number of carbonyl (C=O) groups excluding carboxylic acids is 1. The molecule has 2 unspecified atom stereocenters. The monoisotopic (exact) mass is 539 g/mol. The molecule has 0 fully saturated rings. The van der Waals surface area contributed by atoms with Crippen molar-refractivity contribution >= 4 is 21.7 Å². The number of nitrogens with zero attached hydrogens (tertiary/aromatic N) is 2. The molecule has 0 aromatic rings. The number of ketones is 1. The van der Waals surface area contributed by atoms with Crippen molar-refractivity contribution in [1.82, 2.24) is 0 Å². The van der Waals surface area contributed by atoms with E-state index in [9.17, 15) is 28.0 Å². The molecule has 1 heterocycles. The summed E-state index contributed by atoms with van der Waals surface area (Å²) in [7, 11) is -4.59. The number of unbranched alkanes of at least 4 members (excludes halogenated alkanes) is 13. The first kappa shape index (κ1) is 35.9. The number of aliphatic imine (C=N–C) groups is 1. The van der Waals surface area contributed by atoms with Crippen molar-refractivity contribution in [2.24, 2.45) is 4.99 Å². The van der Waals surface area contributed by atoms with Crippen molar-refractivity contribution in [3.05, 3.63) is 12.2 Å². The molecular formula is C26H48N2NaO6S+. The fraction of sp³-hybridized carbons (Fsp3) is 0.846. The molecular weight excluding hydrogens is 491 g/mol. The average molecular weight is 540 g/mol. The second kappa shape index (κ2) is 20.8. The molecule has 10 heteroatoms. The van der Waals surface area contributed by atoms with Gasteiger partial charge in [0.2, 0.25) is 0 Å². The van der Waals surface area contributed by atoms with E-state index >= 15 is 0 Å². The van der Waals surface area contributed by atoms with E-state index in [0.717, 1.165) is 19.3 Å². The van der Waals surface area contributed by atoms with E-state index in [1.54, 1.807) is 0 Å². The quantitative estimate of drug-likeness (QED) is 0.0686. The molecule has 1 aliphatic heterocycles. The summed E-state index contributed by atoms with van der Waals surface area (Å²) in [6, 6.07) is 0. The van der Waals surface area contributed by atoms with Crippen LogP contribution in [0.25, 0.3) is 0 Å². The van der Waals surface area contributed by atoms with Gasteiger partial charge in [-0.2, -0.15) is 0 Å². The molecule has 0 radical (unpaired) electrons. The van der Waals surface area contributed by atoms with Crippen molar-refractivity contribution in [2.75, 3.05) is 38.5 Å². The zero-order valence-electron chi connectivity index (χ0n) is 22.7. The van der Waals surface area contributed by atoms with Crippen LogP contribution >= 0.6 is 0 Å². The van der Waals surface area contributed by atoms with Crippen LogP contribution in [0.15, 0.2) is 17.1 Å². The molecule has 36 heavy (non-hydrogen) atoms. The Labute approximate surface area is 241 Å². The second-order valence-electron chi connectivity index (χ2n) is 9.88. The first-order valence-electron chi connectivity index (χ1n) is 13.6. The normalized spacial score (nSPS) is 18.8. The maximum atomic E-state index is 12.8. The van der Waals surface area contributed by atoms with Crippen LogP contribution in [0.4, 0.5) is 0 Å². The standard InChI is InChI=1S/C26H48N2O6S.Na/c1-2-3-4-5-6-7-8-9-10-11-12-13-14-15-16-17-25(31)26-27-18-19-28(26,20-21-29)22-24(30)23-35(32,33)34;/h16-17,24,29-30H,2-15,18-23H2,1H3;/q;+1/b17-16+;. The van der Waals surface area contributed by atoms with Gasteiger partial charge in [-0.1, -0.05) is 90.0 Å². The van der Waals surface area contributed by atoms with E-state index < -0.39 is 22.0 Å². The molecule has 8 nitrogen and oxygen atoms in total. The van der Waals surface area contributed by atoms with Crippen molar-refractivity contribution < 1.29 is 62.0 Å². The topological polar surface area (TPSA) is 127 Å². The Balaban J connectivity index is 0.0000122. The number of allylic oxidation sites excluding steroid dienone is 1. The van der Waals surface area contributed by atoms with Crippen LogP contribution in [0.2, 0.25) is 0 Å². The Hall–Kier alpha value is -0.130. The Morgan fingerprint density at radius 2 is 1.56 bits per heavy atom. The van der Waals surface area contributed by atoms with Crippen LogP contribution in [0.1, 0.15) is 96.8 Å². The fourth-order valence-electron chi connectivity index (χ4n) is 4.83. The van der Waals surface area contributed by atoms with Gasteiger partial charge < -0.3 is 14.8 Å². The van der Waals surface area contributed by atoms with E-state index in [4.69, 9.17) is 0 Å². The molecule has 0 saturated heterocycles. The maximum Gasteiger partial charge on any atom is 1.00 e. The van der Waals surface area contributed by atoms with Gasteiger partial charge in [0.25, 0.3) is 11.6 Å². The van der Waals surface area contributed by atoms with Gasteiger partial charge in [-0.05, 0) is 18.9 Å². The largest absolute Gasteiger partial charge is 1.00 e. The number of quaternary nitrogens is 1. The summed E-state index contributed by atoms with van der Waals surface area (Å²) in [5.41, 5.74) is 0. The summed E-state index contributed by atoms with van der Waals surface area (Å²) in [6.07, 6.45) is 19.5. The molecule has 2 atom stereocenters. The summed E-state index contributed by atoms with van der Waals surface area (Å²) < 4.78 is 32.8. The van der Waals surface area contributed by atoms with Gasteiger partial charge in [0.05, 0.1) is 29.0 Å². The molecule has 0 spiro atoms. The number of rotatable bonds is 22. The van der Waals surface area contributed by atoms with Crippen molar-refractivity contribution in [1.29, 1.82) is 0 Å². The van der Waals surface area contributed by atoms with E-state index in [0.29, 0.717) is 13.1 Å². The third kappa shape index (κ3) is 16.0. The molecule has 0 aromatic carbocycles. The first-order valence-corrected chi connectivity index (χ1v) is 15.2. The summed E-state index contributed by atoms with van der Waals surface area (Å²) in [6.45, 7) is 2.73. The maximum absolute atomic E-state index is 12.8. The first-order chi connectivity index (χ1) is 16.7. The van der Waals surface area contributed by atoms with E-state index in [-0.39, 0.29) is 65.4 Å². The third-order valence-electron chi connectivity index (χ3n) is 6.69. The SMILES string of the molecule is CCCCCCCCCCCCCCC/C=C/C(=O)C1=NCC[N+]1(CCO)CC(O)CS(=O)(=O)[O-].[Na+]. The minimum Gasteiger partial charge on any atom is -0.748 e. The zero-order chi connectivity index (χ0) is 26.0. The van der Waals surface area contributed by atoms with Gasteiger partial charge in [0.1, 0.15) is 25.7 Å². The number of carbonyl (C=O) groups is 1. The predicted molar refractivity (Wildman–Crippen MR) is 139 cm³/mol. The van der Waals surface area contributed by atoms with Crippen LogP contribution in [-0.2, 0) is 14.9 Å². The zero-order valence-corrected chi connectivity index (χ0v) is 25.5. The van der Waals surface area contributed by atoms with Gasteiger partial charge >= 0.3 is 29.6 Å². The number of aliphatic hydroxyl groups is 2. The third-order valence-corrected chi connectivity index (χ3v) is 7.48. The number of hydrogen-bond donors (Lipinski definition) is 2. The summed E-state index contributed by atoms with van der Waals surface area (Å²) >= 11 is 0. The summed E-state index contributed by atoms with van der Waals surface area (Å²) in [5.74, 6) is -1.000. The molecule has 1 rings (SSSR count). The number of hydrogen-bond acceptors (Lipinski definition) is 7. The Morgan fingerprint density at radius 3 is 2.06 bits per heavy atom. The summed E-state index contributed by atoms with van der Waals surface area (Å²) in [4.78, 5) is 17.0. The molecule has 0 aromatic heterocycles. The molecule has 2 N–H and O–H groups in total. The summed E-state index contributed by atoms with van der Waals surface area (Å²) in [5, 5.41) is 19.6. The van der Waals surface area contributed by atoms with Crippen LogP contribution in [-0.4, -0.2) is 83.9 Å². The predicted octanol–water partition coefficient (Wildman–Crippen LogP) is 0.724. The van der Waals surface area contributed by atoms with Crippen molar-refractivity contribution in [3.8, 4) is 0 Å². The van der Waals surface area contributed by atoms with Gasteiger partial charge in [-0.25, -0.2) is 13.4 Å². The molecule has 1 aliphatic rings. The van der Waals surface area contributed by atoms with Crippen LogP contribution < -0.4 is 29.6 Å². The Bertz CT molecular complexity index is 760. The van der Waals surface area contributed by atoms with Gasteiger partial charge in [-0.15, -0.1) is 0 Å². The number of aliphatic hydroxyl groups excluding tert-OH is 2. The number of amidine groups is 1. The van der Waals surface area contributed by atoms with E-state index in [1.807, 2.05) is 6.08 Å². The molecule has 0 bridgehead atoms. The second-order valence-corrected chi connectivity index (χ2v) is 11.3. The molecule has 204 valence electrons. The minimum absolute atomic E-state index is 0. The van der Waals surface area contributed by atoms with Gasteiger partial charge in [0, 0.05) is 0 Å². The Morgan fingerprint density at radius 1 is 1.03 bits per heavy atom. The van der Waals surface area contributed by atoms with E-state index in [2.05, 4.69) is 11.9 Å². The van der Waals surface area contributed by atoms with Crippen molar-refractivity contribution in [3.63, 3.8) is 0 Å². The van der Waals surface area contributed by atoms with E-state index in [1.165, 1.54) is 76.7 Å². The van der Waals surface area contributed by atoms with Gasteiger partial charge in [-0.3, -0.25) is 9.28 Å². The van der Waals surface area contributed by atoms with Crippen LogP contribution in [0.5, 0.6) is 0 Å². The fourth-order valence-corrected chi connectivity index (χ4v) is 5.41. The average Bonchev–Trinajstić information content (AvgIpc) is 3.18. The smallest absolute Gasteiger partial charge is 0.748 e. The van der Waals surface area contributed by atoms with Crippen LogP contribution in [0, 0.1) is 0 Å². The van der Waals surface area contributed by atoms with Crippen molar-refractivity contribution in [2.45, 2.75) is 103 Å². The van der Waals surface area contributed by atoms with Crippen LogP contribution in [0.3, 0.4) is 0 Å². The molecule has 0 saturated carbocycles. The molecule has 0 aliphatic carbocycles.